The summed E-state index contributed by atoms with van der Waals surface area (Å²) in [4.78, 5) is 9.43. The van der Waals surface area contributed by atoms with E-state index < -0.39 is 5.92 Å². The van der Waals surface area contributed by atoms with Crippen molar-refractivity contribution >= 4 is 28.8 Å². The minimum atomic E-state index is -2.67. The summed E-state index contributed by atoms with van der Waals surface area (Å²) < 4.78 is 31.5. The van der Waals surface area contributed by atoms with Crippen molar-refractivity contribution in [2.75, 3.05) is 18.0 Å². The number of aromatic nitrogens is 2. The molecule has 17 heavy (non-hydrogen) atoms. The van der Waals surface area contributed by atoms with Gasteiger partial charge in [0, 0.05) is 25.2 Å². The van der Waals surface area contributed by atoms with E-state index in [9.17, 15) is 8.78 Å². The van der Waals surface area contributed by atoms with Crippen molar-refractivity contribution in [3.05, 3.63) is 17.3 Å². The first-order chi connectivity index (χ1) is 8.03. The van der Waals surface area contributed by atoms with Crippen LogP contribution in [0.25, 0.3) is 11.2 Å². The first-order valence-corrected chi connectivity index (χ1v) is 5.46. The van der Waals surface area contributed by atoms with Crippen LogP contribution in [0, 0.1) is 0 Å². The predicted octanol–water partition coefficient (Wildman–Crippen LogP) is 2.72. The Morgan fingerprint density at radius 1 is 1.47 bits per heavy atom. The van der Waals surface area contributed by atoms with Gasteiger partial charge in [0.15, 0.2) is 5.58 Å². The van der Waals surface area contributed by atoms with Crippen LogP contribution in [0.3, 0.4) is 0 Å². The van der Waals surface area contributed by atoms with E-state index in [2.05, 4.69) is 9.97 Å². The van der Waals surface area contributed by atoms with Crippen molar-refractivity contribution < 1.29 is 13.2 Å². The molecule has 0 radical (unpaired) electrons. The number of alkyl halides is 2. The van der Waals surface area contributed by atoms with E-state index in [1.807, 2.05) is 0 Å². The molecule has 3 heterocycles. The zero-order valence-electron chi connectivity index (χ0n) is 8.66. The van der Waals surface area contributed by atoms with E-state index in [1.165, 1.54) is 11.1 Å². The van der Waals surface area contributed by atoms with E-state index >= 15 is 0 Å². The van der Waals surface area contributed by atoms with E-state index in [1.54, 1.807) is 6.07 Å². The van der Waals surface area contributed by atoms with Crippen LogP contribution in [0.4, 0.5) is 14.8 Å². The molecule has 0 atom stereocenters. The van der Waals surface area contributed by atoms with Crippen LogP contribution >= 0.6 is 11.6 Å². The minimum absolute atomic E-state index is 0.173. The molecule has 7 heteroatoms. The van der Waals surface area contributed by atoms with Crippen molar-refractivity contribution in [2.24, 2.45) is 0 Å². The van der Waals surface area contributed by atoms with Gasteiger partial charge in [0.1, 0.15) is 0 Å². The smallest absolute Gasteiger partial charge is 0.300 e. The molecule has 0 bridgehead atoms. The minimum Gasteiger partial charge on any atom is -0.422 e. The van der Waals surface area contributed by atoms with Crippen LogP contribution in [0.1, 0.15) is 6.42 Å². The summed E-state index contributed by atoms with van der Waals surface area (Å²) in [6.07, 6.45) is 1.26. The highest BCUT2D eigenvalue weighted by molar-refractivity contribution is 6.30. The number of halogens is 3. The molecule has 0 aromatic carbocycles. The molecule has 0 amide bonds. The van der Waals surface area contributed by atoms with Gasteiger partial charge in [-0.15, -0.1) is 0 Å². The van der Waals surface area contributed by atoms with Gasteiger partial charge in [-0.05, 0) is 0 Å². The zero-order chi connectivity index (χ0) is 12.0. The Kier molecular flexibility index (Phi) is 2.22. The summed E-state index contributed by atoms with van der Waals surface area (Å²) in [5, 5.41) is 0.423. The molecule has 90 valence electrons. The zero-order valence-corrected chi connectivity index (χ0v) is 9.42. The maximum atomic E-state index is 13.1. The van der Waals surface area contributed by atoms with Gasteiger partial charge in [-0.1, -0.05) is 11.6 Å². The SMILES string of the molecule is FC1(F)CCN(c2nc3ncc(Cl)cc3o2)C1. The lowest BCUT2D eigenvalue weighted by Gasteiger charge is -2.12. The van der Waals surface area contributed by atoms with Gasteiger partial charge in [0.25, 0.3) is 11.9 Å². The fourth-order valence-corrected chi connectivity index (χ4v) is 1.97. The van der Waals surface area contributed by atoms with Crippen LogP contribution in [0.15, 0.2) is 16.7 Å². The lowest BCUT2D eigenvalue weighted by Crippen LogP contribution is -2.24. The molecule has 1 aliphatic rings. The van der Waals surface area contributed by atoms with Gasteiger partial charge in [0.05, 0.1) is 11.6 Å². The third-order valence-corrected chi connectivity index (χ3v) is 2.85. The molecule has 1 saturated heterocycles. The second-order valence-corrected chi connectivity index (χ2v) is 4.44. The fraction of sp³-hybridized carbons (Fsp3) is 0.400. The second-order valence-electron chi connectivity index (χ2n) is 4.00. The molecule has 0 spiro atoms. The summed E-state index contributed by atoms with van der Waals surface area (Å²) in [5.41, 5.74) is 0.780. The molecule has 2 aromatic rings. The van der Waals surface area contributed by atoms with E-state index in [0.29, 0.717) is 16.3 Å². The van der Waals surface area contributed by atoms with Crippen LogP contribution in [-0.4, -0.2) is 29.0 Å². The van der Waals surface area contributed by atoms with Gasteiger partial charge in [-0.25, -0.2) is 13.8 Å². The molecular formula is C10H8ClF2N3O. The van der Waals surface area contributed by atoms with Gasteiger partial charge in [0.2, 0.25) is 5.65 Å². The highest BCUT2D eigenvalue weighted by atomic mass is 35.5. The summed E-state index contributed by atoms with van der Waals surface area (Å²) in [5.74, 6) is -2.67. The largest absolute Gasteiger partial charge is 0.422 e. The Morgan fingerprint density at radius 3 is 3.00 bits per heavy atom. The molecule has 1 aliphatic heterocycles. The van der Waals surface area contributed by atoms with E-state index in [4.69, 9.17) is 16.0 Å². The maximum Gasteiger partial charge on any atom is 0.300 e. The quantitative estimate of drug-likeness (QED) is 0.790. The Hall–Kier alpha value is -1.43. The molecule has 4 nitrogen and oxygen atoms in total. The number of hydrogen-bond acceptors (Lipinski definition) is 4. The summed E-state index contributed by atoms with van der Waals surface area (Å²) in [7, 11) is 0. The van der Waals surface area contributed by atoms with Crippen molar-refractivity contribution in [1.29, 1.82) is 0 Å². The first-order valence-electron chi connectivity index (χ1n) is 5.08. The van der Waals surface area contributed by atoms with Gasteiger partial charge >= 0.3 is 0 Å². The average molecular weight is 260 g/mol. The molecule has 3 rings (SSSR count). The Bertz CT molecular complexity index is 572. The van der Waals surface area contributed by atoms with Crippen molar-refractivity contribution in [2.45, 2.75) is 12.3 Å². The number of pyridine rings is 1. The topological polar surface area (TPSA) is 42.2 Å². The molecule has 2 aromatic heterocycles. The fourth-order valence-electron chi connectivity index (χ4n) is 1.82. The van der Waals surface area contributed by atoms with Crippen molar-refractivity contribution in [3.63, 3.8) is 0 Å². The molecule has 0 aliphatic carbocycles. The van der Waals surface area contributed by atoms with Crippen LogP contribution < -0.4 is 4.90 Å². The second kappa shape index (κ2) is 3.53. The third kappa shape index (κ3) is 1.93. The van der Waals surface area contributed by atoms with Gasteiger partial charge in [-0.3, -0.25) is 0 Å². The average Bonchev–Trinajstić information content (AvgIpc) is 2.80. The molecular weight excluding hydrogens is 252 g/mol. The standard InChI is InChI=1S/C10H8ClF2N3O/c11-6-3-7-8(14-4-6)15-9(17-7)16-2-1-10(12,13)5-16/h3-4H,1-2,5H2. The lowest BCUT2D eigenvalue weighted by atomic mass is 10.3. The molecule has 0 saturated carbocycles. The van der Waals surface area contributed by atoms with Gasteiger partial charge < -0.3 is 9.32 Å². The predicted molar refractivity (Wildman–Crippen MR) is 58.6 cm³/mol. The molecule has 0 N–H and O–H groups in total. The lowest BCUT2D eigenvalue weighted by molar-refractivity contribution is 0.0254. The molecule has 0 unspecified atom stereocenters. The number of oxazole rings is 1. The normalized spacial score (nSPS) is 19.1. The monoisotopic (exact) mass is 259 g/mol. The Balaban J connectivity index is 1.96. The summed E-state index contributed by atoms with van der Waals surface area (Å²) in [6, 6.07) is 1.74. The van der Waals surface area contributed by atoms with Gasteiger partial charge in [-0.2, -0.15) is 4.98 Å². The molecule has 1 fully saturated rings. The Labute approximate surface area is 100 Å². The summed E-state index contributed by atoms with van der Waals surface area (Å²) in [6.45, 7) is -0.138. The van der Waals surface area contributed by atoms with Crippen molar-refractivity contribution in [3.8, 4) is 0 Å². The Morgan fingerprint density at radius 2 is 2.29 bits per heavy atom. The highest BCUT2D eigenvalue weighted by Gasteiger charge is 2.40. The third-order valence-electron chi connectivity index (χ3n) is 2.64. The number of fused-ring (bicyclic) bond motifs is 1. The number of hydrogen-bond donors (Lipinski definition) is 0. The van der Waals surface area contributed by atoms with Crippen LogP contribution in [-0.2, 0) is 0 Å². The number of nitrogens with zero attached hydrogens (tertiary/aromatic N) is 3. The number of rotatable bonds is 1. The maximum absolute atomic E-state index is 13.1. The highest BCUT2D eigenvalue weighted by Crippen LogP contribution is 2.31. The van der Waals surface area contributed by atoms with E-state index in [-0.39, 0.29) is 25.5 Å². The first kappa shape index (κ1) is 10.7. The van der Waals surface area contributed by atoms with E-state index in [0.717, 1.165) is 0 Å². The van der Waals surface area contributed by atoms with Crippen LogP contribution in [0.2, 0.25) is 5.02 Å². The summed E-state index contributed by atoms with van der Waals surface area (Å²) >= 11 is 5.75. The number of anilines is 1. The van der Waals surface area contributed by atoms with Crippen LogP contribution in [0.5, 0.6) is 0 Å². The van der Waals surface area contributed by atoms with Crippen molar-refractivity contribution in [1.82, 2.24) is 9.97 Å².